The van der Waals surface area contributed by atoms with Gasteiger partial charge >= 0.3 is 0 Å². The number of carbonyl (C=O) groups is 1. The van der Waals surface area contributed by atoms with Gasteiger partial charge in [0.15, 0.2) is 5.78 Å². The van der Waals surface area contributed by atoms with E-state index in [9.17, 15) is 9.18 Å². The normalized spacial score (nSPS) is 11.0. The number of hydrogen-bond acceptors (Lipinski definition) is 2. The lowest BCUT2D eigenvalue weighted by Crippen LogP contribution is -2.04. The van der Waals surface area contributed by atoms with Crippen molar-refractivity contribution in [2.24, 2.45) is 0 Å². The van der Waals surface area contributed by atoms with Crippen LogP contribution in [0.5, 0.6) is 5.75 Å². The Balaban J connectivity index is 1.99. The fraction of sp³-hybridized carbons (Fsp3) is 0.167. The fourth-order valence-electron chi connectivity index (χ4n) is 2.73. The molecule has 5 heteroatoms. The topological polar surface area (TPSA) is 42.1 Å². The Labute approximate surface area is 138 Å². The molecule has 1 heterocycles. The molecule has 0 radical (unpaired) electrons. The van der Waals surface area contributed by atoms with Gasteiger partial charge in [-0.25, -0.2) is 4.39 Å². The third-order valence-corrected chi connectivity index (χ3v) is 4.07. The molecule has 0 aliphatic carbocycles. The van der Waals surface area contributed by atoms with E-state index in [2.05, 4.69) is 4.98 Å². The van der Waals surface area contributed by atoms with Gasteiger partial charge < -0.3 is 9.72 Å². The van der Waals surface area contributed by atoms with Crippen LogP contribution in [-0.4, -0.2) is 17.9 Å². The van der Waals surface area contributed by atoms with Crippen molar-refractivity contribution >= 4 is 28.3 Å². The second-order valence-corrected chi connectivity index (χ2v) is 5.84. The molecule has 0 aliphatic rings. The van der Waals surface area contributed by atoms with Gasteiger partial charge in [0, 0.05) is 45.7 Å². The lowest BCUT2D eigenvalue weighted by atomic mass is 10.0. The van der Waals surface area contributed by atoms with Gasteiger partial charge in [-0.05, 0) is 30.7 Å². The lowest BCUT2D eigenvalue weighted by molar-refractivity contribution is 0.0993. The Morgan fingerprint density at radius 1 is 1.30 bits per heavy atom. The zero-order chi connectivity index (χ0) is 16.6. The van der Waals surface area contributed by atoms with Crippen LogP contribution in [0.3, 0.4) is 0 Å². The Hall–Kier alpha value is -2.33. The maximum atomic E-state index is 13.3. The first kappa shape index (κ1) is 15.6. The van der Waals surface area contributed by atoms with Crippen molar-refractivity contribution in [2.45, 2.75) is 13.3 Å². The SMILES string of the molecule is COc1cc(F)ccc1CC(=O)c1c[nH]c2c(C)cc(Cl)cc12. The van der Waals surface area contributed by atoms with Crippen LogP contribution in [0.4, 0.5) is 4.39 Å². The number of hydrogen-bond donors (Lipinski definition) is 1. The fourth-order valence-corrected chi connectivity index (χ4v) is 3.01. The quantitative estimate of drug-likeness (QED) is 0.704. The third-order valence-electron chi connectivity index (χ3n) is 3.85. The highest BCUT2D eigenvalue weighted by Crippen LogP contribution is 2.28. The molecular formula is C18H15ClFNO2. The number of halogens is 2. The molecule has 0 unspecified atom stereocenters. The number of rotatable bonds is 4. The molecule has 1 N–H and O–H groups in total. The van der Waals surface area contributed by atoms with E-state index >= 15 is 0 Å². The number of methoxy groups -OCH3 is 1. The number of Topliss-reactive ketones (excluding diaryl/α,β-unsaturated/α-hetero) is 1. The highest BCUT2D eigenvalue weighted by Gasteiger charge is 2.16. The first-order valence-corrected chi connectivity index (χ1v) is 7.50. The second kappa shape index (κ2) is 6.05. The van der Waals surface area contributed by atoms with Gasteiger partial charge in [0.1, 0.15) is 11.6 Å². The highest BCUT2D eigenvalue weighted by atomic mass is 35.5. The van der Waals surface area contributed by atoms with Gasteiger partial charge in [-0.2, -0.15) is 0 Å². The number of aromatic amines is 1. The van der Waals surface area contributed by atoms with Crippen molar-refractivity contribution in [3.05, 3.63) is 64.1 Å². The van der Waals surface area contributed by atoms with Gasteiger partial charge in [-0.15, -0.1) is 0 Å². The molecule has 3 aromatic rings. The van der Waals surface area contributed by atoms with E-state index in [0.717, 1.165) is 16.5 Å². The summed E-state index contributed by atoms with van der Waals surface area (Å²) in [4.78, 5) is 15.8. The van der Waals surface area contributed by atoms with E-state index in [4.69, 9.17) is 16.3 Å². The van der Waals surface area contributed by atoms with Crippen LogP contribution in [0.15, 0.2) is 36.5 Å². The predicted molar refractivity (Wildman–Crippen MR) is 89.0 cm³/mol. The van der Waals surface area contributed by atoms with Gasteiger partial charge in [0.25, 0.3) is 0 Å². The average Bonchev–Trinajstić information content (AvgIpc) is 2.93. The van der Waals surface area contributed by atoms with Crippen molar-refractivity contribution in [3.63, 3.8) is 0 Å². The predicted octanol–water partition coefficient (Wildman–Crippen LogP) is 4.70. The van der Waals surface area contributed by atoms with Crippen molar-refractivity contribution < 1.29 is 13.9 Å². The van der Waals surface area contributed by atoms with Crippen LogP contribution in [0.1, 0.15) is 21.5 Å². The molecule has 0 amide bonds. The van der Waals surface area contributed by atoms with Crippen LogP contribution < -0.4 is 4.74 Å². The van der Waals surface area contributed by atoms with Crippen molar-refractivity contribution in [1.82, 2.24) is 4.98 Å². The standard InChI is InChI=1S/C18H15ClFNO2/c1-10-5-12(19)7-14-15(9-21-18(10)14)16(22)6-11-3-4-13(20)8-17(11)23-2/h3-5,7-9,21H,6H2,1-2H3. The summed E-state index contributed by atoms with van der Waals surface area (Å²) in [6, 6.07) is 7.78. The molecule has 3 rings (SSSR count). The Morgan fingerprint density at radius 2 is 2.09 bits per heavy atom. The molecule has 0 saturated heterocycles. The minimum absolute atomic E-state index is 0.0807. The minimum Gasteiger partial charge on any atom is -0.496 e. The zero-order valence-corrected chi connectivity index (χ0v) is 13.5. The van der Waals surface area contributed by atoms with Gasteiger partial charge in [0.2, 0.25) is 0 Å². The van der Waals surface area contributed by atoms with E-state index in [1.54, 1.807) is 18.3 Å². The first-order valence-electron chi connectivity index (χ1n) is 7.12. The van der Waals surface area contributed by atoms with E-state index in [-0.39, 0.29) is 12.2 Å². The van der Waals surface area contributed by atoms with E-state index < -0.39 is 5.82 Å². The van der Waals surface area contributed by atoms with Crippen LogP contribution in [0.2, 0.25) is 5.02 Å². The monoisotopic (exact) mass is 331 g/mol. The van der Waals surface area contributed by atoms with Gasteiger partial charge in [-0.1, -0.05) is 17.7 Å². The molecule has 3 nitrogen and oxygen atoms in total. The smallest absolute Gasteiger partial charge is 0.169 e. The Morgan fingerprint density at radius 3 is 2.83 bits per heavy atom. The van der Waals surface area contributed by atoms with Crippen molar-refractivity contribution in [2.75, 3.05) is 7.11 Å². The summed E-state index contributed by atoms with van der Waals surface area (Å²) in [6.07, 6.45) is 1.81. The molecule has 118 valence electrons. The van der Waals surface area contributed by atoms with E-state index in [1.165, 1.54) is 19.2 Å². The first-order chi connectivity index (χ1) is 11.0. The maximum absolute atomic E-state index is 13.3. The van der Waals surface area contributed by atoms with Crippen molar-refractivity contribution in [1.29, 1.82) is 0 Å². The highest BCUT2D eigenvalue weighted by molar-refractivity contribution is 6.31. The zero-order valence-electron chi connectivity index (χ0n) is 12.7. The summed E-state index contributed by atoms with van der Waals surface area (Å²) in [5, 5.41) is 1.38. The van der Waals surface area contributed by atoms with Crippen LogP contribution in [0.25, 0.3) is 10.9 Å². The Kier molecular flexibility index (Phi) is 4.09. The molecule has 0 bridgehead atoms. The summed E-state index contributed by atoms with van der Waals surface area (Å²) < 4.78 is 18.4. The van der Waals surface area contributed by atoms with Crippen molar-refractivity contribution in [3.8, 4) is 5.75 Å². The third kappa shape index (κ3) is 2.94. The molecule has 2 aromatic carbocycles. The molecular weight excluding hydrogens is 317 g/mol. The number of carbonyl (C=O) groups excluding carboxylic acids is 1. The largest absolute Gasteiger partial charge is 0.496 e. The van der Waals surface area contributed by atoms with Gasteiger partial charge in [0.05, 0.1) is 7.11 Å². The van der Waals surface area contributed by atoms with Gasteiger partial charge in [-0.3, -0.25) is 4.79 Å². The molecule has 23 heavy (non-hydrogen) atoms. The summed E-state index contributed by atoms with van der Waals surface area (Å²) in [5.41, 5.74) is 3.08. The molecule has 0 fully saturated rings. The number of ketones is 1. The maximum Gasteiger partial charge on any atom is 0.169 e. The van der Waals surface area contributed by atoms with E-state index in [1.807, 2.05) is 13.0 Å². The summed E-state index contributed by atoms with van der Waals surface area (Å²) in [5.74, 6) is -0.109. The average molecular weight is 332 g/mol. The molecule has 0 spiro atoms. The summed E-state index contributed by atoms with van der Waals surface area (Å²) in [7, 11) is 1.46. The van der Waals surface area contributed by atoms with Crippen LogP contribution in [-0.2, 0) is 6.42 Å². The molecule has 0 atom stereocenters. The number of aromatic nitrogens is 1. The summed E-state index contributed by atoms with van der Waals surface area (Å²) in [6.45, 7) is 1.93. The number of H-pyrrole nitrogens is 1. The Bertz CT molecular complexity index is 901. The number of ether oxygens (including phenoxy) is 1. The number of benzene rings is 2. The molecule has 0 aliphatic heterocycles. The number of nitrogens with one attached hydrogen (secondary N) is 1. The van der Waals surface area contributed by atoms with E-state index in [0.29, 0.717) is 21.9 Å². The molecule has 0 saturated carbocycles. The summed E-state index contributed by atoms with van der Waals surface area (Å²) >= 11 is 6.10. The van der Waals surface area contributed by atoms with Crippen LogP contribution in [0, 0.1) is 12.7 Å². The number of fused-ring (bicyclic) bond motifs is 1. The lowest BCUT2D eigenvalue weighted by Gasteiger charge is -2.08. The number of aryl methyl sites for hydroxylation is 1. The minimum atomic E-state index is -0.396. The van der Waals surface area contributed by atoms with Crippen LogP contribution >= 0.6 is 11.6 Å². The molecule has 1 aromatic heterocycles. The second-order valence-electron chi connectivity index (χ2n) is 5.40.